The van der Waals surface area contributed by atoms with E-state index in [0.29, 0.717) is 19.8 Å². The van der Waals surface area contributed by atoms with Crippen molar-refractivity contribution in [2.75, 3.05) is 33.4 Å². The highest BCUT2D eigenvalue weighted by molar-refractivity contribution is 5.79. The van der Waals surface area contributed by atoms with Crippen LogP contribution < -0.4 is 15.4 Å². The Bertz CT molecular complexity index is 475. The molecule has 0 aliphatic heterocycles. The second-order valence-corrected chi connectivity index (χ2v) is 6.15. The molecule has 0 bridgehead atoms. The lowest BCUT2D eigenvalue weighted by Gasteiger charge is -2.12. The van der Waals surface area contributed by atoms with Gasteiger partial charge in [0.05, 0.1) is 13.2 Å². The van der Waals surface area contributed by atoms with E-state index in [2.05, 4.69) is 42.5 Å². The summed E-state index contributed by atoms with van der Waals surface area (Å²) in [5, 5.41) is 6.68. The number of nitrogens with zero attached hydrogens (tertiary/aromatic N) is 1. The number of aliphatic imine (C=N–C) groups is 1. The van der Waals surface area contributed by atoms with E-state index in [1.807, 2.05) is 18.2 Å². The van der Waals surface area contributed by atoms with Crippen molar-refractivity contribution in [1.29, 1.82) is 0 Å². The van der Waals surface area contributed by atoms with Gasteiger partial charge in [-0.05, 0) is 43.4 Å². The van der Waals surface area contributed by atoms with E-state index >= 15 is 0 Å². The largest absolute Gasteiger partial charge is 0.491 e. The minimum atomic E-state index is 0.559. The first kappa shape index (κ1) is 20.3. The van der Waals surface area contributed by atoms with Crippen LogP contribution in [0.5, 0.6) is 5.75 Å². The van der Waals surface area contributed by atoms with E-state index in [1.165, 1.54) is 6.42 Å². The third-order valence-electron chi connectivity index (χ3n) is 3.47. The van der Waals surface area contributed by atoms with Gasteiger partial charge in [0.25, 0.3) is 0 Å². The Labute approximate surface area is 146 Å². The molecule has 136 valence electrons. The number of methoxy groups -OCH3 is 1. The summed E-state index contributed by atoms with van der Waals surface area (Å²) >= 11 is 0. The minimum Gasteiger partial charge on any atom is -0.491 e. The maximum Gasteiger partial charge on any atom is 0.191 e. The summed E-state index contributed by atoms with van der Waals surface area (Å²) in [6.07, 6.45) is 2.39. The van der Waals surface area contributed by atoms with Crippen LogP contribution in [0.1, 0.15) is 39.2 Å². The third kappa shape index (κ3) is 9.40. The summed E-state index contributed by atoms with van der Waals surface area (Å²) in [6.45, 7) is 10.2. The van der Waals surface area contributed by atoms with Crippen molar-refractivity contribution < 1.29 is 9.47 Å². The number of hydrogen-bond acceptors (Lipinski definition) is 3. The summed E-state index contributed by atoms with van der Waals surface area (Å²) in [4.78, 5) is 4.65. The molecule has 0 saturated carbocycles. The highest BCUT2D eigenvalue weighted by Gasteiger charge is 2.00. The average molecular weight is 335 g/mol. The molecule has 1 aromatic rings. The second-order valence-electron chi connectivity index (χ2n) is 6.15. The van der Waals surface area contributed by atoms with Gasteiger partial charge in [0.15, 0.2) is 5.96 Å². The average Bonchev–Trinajstić information content (AvgIpc) is 2.57. The highest BCUT2D eigenvalue weighted by atomic mass is 16.5. The molecule has 1 rings (SSSR count). The van der Waals surface area contributed by atoms with Crippen LogP contribution in [0, 0.1) is 5.92 Å². The monoisotopic (exact) mass is 335 g/mol. The van der Waals surface area contributed by atoms with Crippen LogP contribution in [0.25, 0.3) is 0 Å². The lowest BCUT2D eigenvalue weighted by molar-refractivity contribution is 0.146. The lowest BCUT2D eigenvalue weighted by Crippen LogP contribution is -2.37. The molecule has 24 heavy (non-hydrogen) atoms. The summed E-state index contributed by atoms with van der Waals surface area (Å²) in [5.41, 5.74) is 1.13. The van der Waals surface area contributed by atoms with Crippen LogP contribution in [0.3, 0.4) is 0 Å². The minimum absolute atomic E-state index is 0.559. The maximum absolute atomic E-state index is 5.64. The van der Waals surface area contributed by atoms with E-state index in [9.17, 15) is 0 Å². The van der Waals surface area contributed by atoms with Gasteiger partial charge in [-0.3, -0.25) is 0 Å². The first-order valence-corrected chi connectivity index (χ1v) is 8.88. The first-order chi connectivity index (χ1) is 11.7. The van der Waals surface area contributed by atoms with E-state index in [-0.39, 0.29) is 0 Å². The summed E-state index contributed by atoms with van der Waals surface area (Å²) in [5.74, 6) is 2.47. The Morgan fingerprint density at radius 1 is 1.21 bits per heavy atom. The Balaban J connectivity index is 2.50. The molecule has 0 fully saturated rings. The molecule has 0 amide bonds. The Morgan fingerprint density at radius 2 is 2.04 bits per heavy atom. The molecule has 0 saturated heterocycles. The van der Waals surface area contributed by atoms with Crippen LogP contribution in [-0.4, -0.2) is 39.4 Å². The maximum atomic E-state index is 5.64. The van der Waals surface area contributed by atoms with Crippen LogP contribution in [-0.2, 0) is 11.3 Å². The Hall–Kier alpha value is -1.75. The molecule has 0 heterocycles. The molecule has 0 spiro atoms. The van der Waals surface area contributed by atoms with Crippen LogP contribution in [0.15, 0.2) is 29.3 Å². The van der Waals surface area contributed by atoms with Gasteiger partial charge in [0, 0.05) is 20.2 Å². The standard InChI is InChI=1S/C19H33N3O2/c1-5-20-19(21-11-7-8-16(2)3)22-15-17-9-6-10-18(14-17)24-13-12-23-4/h6,9-10,14,16H,5,7-8,11-13,15H2,1-4H3,(H2,20,21,22). The van der Waals surface area contributed by atoms with Gasteiger partial charge in [-0.2, -0.15) is 0 Å². The number of rotatable bonds is 11. The Kier molecular flexibility index (Phi) is 10.7. The van der Waals surface area contributed by atoms with Gasteiger partial charge in [-0.1, -0.05) is 26.0 Å². The summed E-state index contributed by atoms with van der Waals surface area (Å²) < 4.78 is 10.6. The van der Waals surface area contributed by atoms with Crippen molar-refractivity contribution in [2.24, 2.45) is 10.9 Å². The fraction of sp³-hybridized carbons (Fsp3) is 0.632. The molecule has 0 unspecified atom stereocenters. The first-order valence-electron chi connectivity index (χ1n) is 8.88. The van der Waals surface area contributed by atoms with Gasteiger partial charge >= 0.3 is 0 Å². The van der Waals surface area contributed by atoms with Crippen molar-refractivity contribution in [1.82, 2.24) is 10.6 Å². The SMILES string of the molecule is CCNC(=NCc1cccc(OCCOC)c1)NCCCC(C)C. The molecule has 0 aliphatic carbocycles. The molecule has 0 aliphatic rings. The zero-order valence-corrected chi connectivity index (χ0v) is 15.6. The predicted molar refractivity (Wildman–Crippen MR) is 101 cm³/mol. The van der Waals surface area contributed by atoms with Crippen LogP contribution in [0.2, 0.25) is 0 Å². The zero-order valence-electron chi connectivity index (χ0n) is 15.6. The number of benzene rings is 1. The quantitative estimate of drug-likeness (QED) is 0.370. The van der Waals surface area contributed by atoms with Gasteiger partial charge in [-0.15, -0.1) is 0 Å². The lowest BCUT2D eigenvalue weighted by atomic mass is 10.1. The van der Waals surface area contributed by atoms with E-state index in [1.54, 1.807) is 7.11 Å². The van der Waals surface area contributed by atoms with Crippen molar-refractivity contribution in [3.8, 4) is 5.75 Å². The molecule has 1 aromatic carbocycles. The molecule has 5 heteroatoms. The molecule has 2 N–H and O–H groups in total. The zero-order chi connectivity index (χ0) is 17.6. The third-order valence-corrected chi connectivity index (χ3v) is 3.47. The fourth-order valence-corrected chi connectivity index (χ4v) is 2.21. The van der Waals surface area contributed by atoms with Crippen LogP contribution in [0.4, 0.5) is 0 Å². The van der Waals surface area contributed by atoms with Crippen molar-refractivity contribution in [2.45, 2.75) is 40.2 Å². The van der Waals surface area contributed by atoms with Crippen molar-refractivity contribution in [3.63, 3.8) is 0 Å². The van der Waals surface area contributed by atoms with E-state index in [4.69, 9.17) is 9.47 Å². The van der Waals surface area contributed by atoms with E-state index < -0.39 is 0 Å². The molecule has 5 nitrogen and oxygen atoms in total. The predicted octanol–water partition coefficient (Wildman–Crippen LogP) is 3.20. The molecular formula is C19H33N3O2. The van der Waals surface area contributed by atoms with Gasteiger partial charge in [-0.25, -0.2) is 4.99 Å². The number of hydrogen-bond donors (Lipinski definition) is 2. The molecule has 0 radical (unpaired) electrons. The van der Waals surface area contributed by atoms with E-state index in [0.717, 1.165) is 42.7 Å². The fourth-order valence-electron chi connectivity index (χ4n) is 2.21. The van der Waals surface area contributed by atoms with Crippen molar-refractivity contribution in [3.05, 3.63) is 29.8 Å². The number of guanidine groups is 1. The topological polar surface area (TPSA) is 54.9 Å². The summed E-state index contributed by atoms with van der Waals surface area (Å²) in [6, 6.07) is 8.05. The Morgan fingerprint density at radius 3 is 2.75 bits per heavy atom. The van der Waals surface area contributed by atoms with Crippen LogP contribution >= 0.6 is 0 Å². The summed E-state index contributed by atoms with van der Waals surface area (Å²) in [7, 11) is 1.67. The molecule has 0 aromatic heterocycles. The van der Waals surface area contributed by atoms with Gasteiger partial charge in [0.1, 0.15) is 12.4 Å². The molecular weight excluding hydrogens is 302 g/mol. The highest BCUT2D eigenvalue weighted by Crippen LogP contribution is 2.14. The number of nitrogens with one attached hydrogen (secondary N) is 2. The normalized spacial score (nSPS) is 11.6. The second kappa shape index (κ2) is 12.6. The number of ether oxygens (including phenoxy) is 2. The smallest absolute Gasteiger partial charge is 0.191 e. The van der Waals surface area contributed by atoms with Crippen molar-refractivity contribution >= 4 is 5.96 Å². The van der Waals surface area contributed by atoms with Gasteiger partial charge < -0.3 is 20.1 Å². The molecule has 0 atom stereocenters. The van der Waals surface area contributed by atoms with Gasteiger partial charge in [0.2, 0.25) is 0 Å².